The normalized spacial score (nSPS) is 10.3. The molecule has 0 saturated carbocycles. The van der Waals surface area contributed by atoms with E-state index in [0.29, 0.717) is 0 Å². The van der Waals surface area contributed by atoms with Crippen LogP contribution in [0, 0.1) is 17.5 Å². The molecule has 0 atom stereocenters. The molecule has 2 aromatic carbocycles. The Balaban J connectivity index is 2.26. The van der Waals surface area contributed by atoms with Crippen LogP contribution in [0.3, 0.4) is 0 Å². The molecule has 2 nitrogen and oxygen atoms in total. The molecule has 1 amide bonds. The van der Waals surface area contributed by atoms with Crippen LogP contribution >= 0.6 is 15.9 Å². The second kappa shape index (κ2) is 5.44. The lowest BCUT2D eigenvalue weighted by Crippen LogP contribution is -2.13. The molecule has 0 aromatic heterocycles. The van der Waals surface area contributed by atoms with E-state index in [0.717, 1.165) is 12.1 Å². The molecule has 2 aromatic rings. The van der Waals surface area contributed by atoms with Crippen molar-refractivity contribution in [3.8, 4) is 0 Å². The van der Waals surface area contributed by atoms with Gasteiger partial charge in [-0.2, -0.15) is 0 Å². The highest BCUT2D eigenvalue weighted by molar-refractivity contribution is 9.10. The van der Waals surface area contributed by atoms with Gasteiger partial charge in [0.25, 0.3) is 5.91 Å². The Morgan fingerprint density at radius 1 is 1.05 bits per heavy atom. The van der Waals surface area contributed by atoms with Crippen molar-refractivity contribution in [2.45, 2.75) is 0 Å². The van der Waals surface area contributed by atoms with E-state index < -0.39 is 23.4 Å². The van der Waals surface area contributed by atoms with Gasteiger partial charge in [0.1, 0.15) is 5.82 Å². The van der Waals surface area contributed by atoms with Gasteiger partial charge in [-0.05, 0) is 46.3 Å². The maximum atomic E-state index is 13.3. The number of hydrogen-bond donors (Lipinski definition) is 1. The molecule has 0 radical (unpaired) electrons. The molecule has 6 heteroatoms. The Hall–Kier alpha value is -1.82. The SMILES string of the molecule is O=C(Nc1cccc(F)c1F)c1ccc(Br)c(F)c1. The van der Waals surface area contributed by atoms with Gasteiger partial charge in [0.15, 0.2) is 11.6 Å². The van der Waals surface area contributed by atoms with Gasteiger partial charge in [-0.1, -0.05) is 6.07 Å². The summed E-state index contributed by atoms with van der Waals surface area (Å²) in [6, 6.07) is 7.12. The van der Waals surface area contributed by atoms with E-state index in [1.807, 2.05) is 0 Å². The van der Waals surface area contributed by atoms with E-state index in [1.54, 1.807) is 0 Å². The molecule has 0 bridgehead atoms. The summed E-state index contributed by atoms with van der Waals surface area (Å²) >= 11 is 2.95. The van der Waals surface area contributed by atoms with Crippen LogP contribution in [-0.2, 0) is 0 Å². The number of hydrogen-bond acceptors (Lipinski definition) is 1. The predicted molar refractivity (Wildman–Crippen MR) is 68.4 cm³/mol. The number of anilines is 1. The zero-order chi connectivity index (χ0) is 14.0. The Labute approximate surface area is 115 Å². The van der Waals surface area contributed by atoms with Crippen molar-refractivity contribution in [2.75, 3.05) is 5.32 Å². The van der Waals surface area contributed by atoms with E-state index in [2.05, 4.69) is 21.2 Å². The average Bonchev–Trinajstić information content (AvgIpc) is 2.38. The second-order valence-corrected chi connectivity index (χ2v) is 4.54. The Morgan fingerprint density at radius 3 is 2.47 bits per heavy atom. The van der Waals surface area contributed by atoms with Gasteiger partial charge in [-0.25, -0.2) is 13.2 Å². The number of rotatable bonds is 2. The van der Waals surface area contributed by atoms with E-state index in [1.165, 1.54) is 24.3 Å². The standard InChI is InChI=1S/C13H7BrF3NO/c14-8-5-4-7(6-10(8)16)13(19)18-11-3-1-2-9(15)12(11)17/h1-6H,(H,18,19). The van der Waals surface area contributed by atoms with E-state index in [9.17, 15) is 18.0 Å². The smallest absolute Gasteiger partial charge is 0.255 e. The third kappa shape index (κ3) is 2.96. The number of benzene rings is 2. The van der Waals surface area contributed by atoms with Crippen LogP contribution in [0.1, 0.15) is 10.4 Å². The predicted octanol–water partition coefficient (Wildman–Crippen LogP) is 4.12. The number of carbonyl (C=O) groups is 1. The van der Waals surface area contributed by atoms with E-state index in [-0.39, 0.29) is 15.7 Å². The van der Waals surface area contributed by atoms with Gasteiger partial charge < -0.3 is 5.32 Å². The van der Waals surface area contributed by atoms with E-state index >= 15 is 0 Å². The zero-order valence-electron chi connectivity index (χ0n) is 9.38. The summed E-state index contributed by atoms with van der Waals surface area (Å²) in [6.07, 6.45) is 0. The van der Waals surface area contributed by atoms with Gasteiger partial charge in [0.05, 0.1) is 10.2 Å². The third-order valence-electron chi connectivity index (χ3n) is 2.38. The minimum atomic E-state index is -1.16. The maximum Gasteiger partial charge on any atom is 0.255 e. The van der Waals surface area contributed by atoms with Crippen LogP contribution in [0.15, 0.2) is 40.9 Å². The van der Waals surface area contributed by atoms with Gasteiger partial charge in [-0.3, -0.25) is 4.79 Å². The largest absolute Gasteiger partial charge is 0.319 e. The first-order chi connectivity index (χ1) is 8.99. The molecule has 0 fully saturated rings. The average molecular weight is 330 g/mol. The van der Waals surface area contributed by atoms with Crippen molar-refractivity contribution in [2.24, 2.45) is 0 Å². The highest BCUT2D eigenvalue weighted by Crippen LogP contribution is 2.20. The van der Waals surface area contributed by atoms with Gasteiger partial charge in [0.2, 0.25) is 0 Å². The highest BCUT2D eigenvalue weighted by atomic mass is 79.9. The summed E-state index contributed by atoms with van der Waals surface area (Å²) in [6.45, 7) is 0. The summed E-state index contributed by atoms with van der Waals surface area (Å²) < 4.78 is 39.8. The monoisotopic (exact) mass is 329 g/mol. The molecule has 2 rings (SSSR count). The lowest BCUT2D eigenvalue weighted by molar-refractivity contribution is 0.102. The summed E-state index contributed by atoms with van der Waals surface area (Å²) in [5.74, 6) is -3.57. The second-order valence-electron chi connectivity index (χ2n) is 3.68. The molecule has 0 aliphatic carbocycles. The molecular weight excluding hydrogens is 323 g/mol. The van der Waals surface area contributed by atoms with E-state index in [4.69, 9.17) is 0 Å². The summed E-state index contributed by atoms with van der Waals surface area (Å²) in [5.41, 5.74) is -0.294. The van der Waals surface area contributed by atoms with Gasteiger partial charge >= 0.3 is 0 Å². The molecule has 0 spiro atoms. The van der Waals surface area contributed by atoms with Crippen LogP contribution in [0.2, 0.25) is 0 Å². The molecule has 0 saturated heterocycles. The molecule has 0 aliphatic heterocycles. The lowest BCUT2D eigenvalue weighted by atomic mass is 10.2. The molecule has 0 heterocycles. The fraction of sp³-hybridized carbons (Fsp3) is 0. The first-order valence-corrected chi connectivity index (χ1v) is 5.99. The van der Waals surface area contributed by atoms with Crippen molar-refractivity contribution in [3.05, 3.63) is 63.9 Å². The number of nitrogens with one attached hydrogen (secondary N) is 1. The minimum Gasteiger partial charge on any atom is -0.319 e. The molecule has 19 heavy (non-hydrogen) atoms. The van der Waals surface area contributed by atoms with Crippen molar-refractivity contribution in [1.29, 1.82) is 0 Å². The minimum absolute atomic E-state index is 0.00404. The Morgan fingerprint density at radius 2 is 1.79 bits per heavy atom. The Kier molecular flexibility index (Phi) is 3.90. The fourth-order valence-electron chi connectivity index (χ4n) is 1.43. The van der Waals surface area contributed by atoms with Crippen LogP contribution in [0.5, 0.6) is 0 Å². The third-order valence-corrected chi connectivity index (χ3v) is 3.02. The van der Waals surface area contributed by atoms with Crippen LogP contribution in [-0.4, -0.2) is 5.91 Å². The summed E-state index contributed by atoms with van der Waals surface area (Å²) in [4.78, 5) is 11.8. The highest BCUT2D eigenvalue weighted by Gasteiger charge is 2.13. The number of carbonyl (C=O) groups excluding carboxylic acids is 1. The topological polar surface area (TPSA) is 29.1 Å². The number of amides is 1. The maximum absolute atomic E-state index is 13.3. The first-order valence-electron chi connectivity index (χ1n) is 5.19. The van der Waals surface area contributed by atoms with Crippen molar-refractivity contribution in [3.63, 3.8) is 0 Å². The van der Waals surface area contributed by atoms with Gasteiger partial charge in [0, 0.05) is 5.56 Å². The van der Waals surface area contributed by atoms with Crippen LogP contribution < -0.4 is 5.32 Å². The molecule has 1 N–H and O–H groups in total. The Bertz CT molecular complexity index is 646. The lowest BCUT2D eigenvalue weighted by Gasteiger charge is -2.07. The van der Waals surface area contributed by atoms with Crippen molar-refractivity contribution in [1.82, 2.24) is 0 Å². The fourth-order valence-corrected chi connectivity index (χ4v) is 1.68. The summed E-state index contributed by atoms with van der Waals surface area (Å²) in [5, 5.41) is 2.18. The molecule has 98 valence electrons. The first kappa shape index (κ1) is 13.6. The summed E-state index contributed by atoms with van der Waals surface area (Å²) in [7, 11) is 0. The van der Waals surface area contributed by atoms with Crippen LogP contribution in [0.4, 0.5) is 18.9 Å². The quantitative estimate of drug-likeness (QED) is 0.882. The molecular formula is C13H7BrF3NO. The van der Waals surface area contributed by atoms with Crippen molar-refractivity contribution >= 4 is 27.5 Å². The van der Waals surface area contributed by atoms with Crippen molar-refractivity contribution < 1.29 is 18.0 Å². The molecule has 0 unspecified atom stereocenters. The number of halogens is 4. The van der Waals surface area contributed by atoms with Crippen LogP contribution in [0.25, 0.3) is 0 Å². The van der Waals surface area contributed by atoms with Gasteiger partial charge in [-0.15, -0.1) is 0 Å². The molecule has 0 aliphatic rings. The zero-order valence-corrected chi connectivity index (χ0v) is 11.0.